The second-order valence-electron chi connectivity index (χ2n) is 6.12. The highest BCUT2D eigenvalue weighted by atomic mass is 79.9. The fourth-order valence-corrected chi connectivity index (χ4v) is 3.55. The number of hydrogen-bond donors (Lipinski definition) is 2. The van der Waals surface area contributed by atoms with Gasteiger partial charge in [-0.25, -0.2) is 9.37 Å². The van der Waals surface area contributed by atoms with Crippen LogP contribution in [0.4, 0.5) is 4.39 Å². The second kappa shape index (κ2) is 7.32. The van der Waals surface area contributed by atoms with E-state index in [0.29, 0.717) is 10.0 Å². The largest absolute Gasteiger partial charge is 0.345 e. The highest BCUT2D eigenvalue weighted by Gasteiger charge is 2.20. The van der Waals surface area contributed by atoms with E-state index in [1.807, 2.05) is 48.5 Å². The molecule has 0 aliphatic carbocycles. The van der Waals surface area contributed by atoms with E-state index in [1.165, 1.54) is 18.2 Å². The molecule has 4 nitrogen and oxygen atoms in total. The molecule has 0 fully saturated rings. The third kappa shape index (κ3) is 3.61. The lowest BCUT2D eigenvalue weighted by Gasteiger charge is -2.20. The summed E-state index contributed by atoms with van der Waals surface area (Å²) in [4.78, 5) is 20.2. The third-order valence-corrected chi connectivity index (χ3v) is 5.02. The lowest BCUT2D eigenvalue weighted by molar-refractivity contribution is 0.0942. The van der Waals surface area contributed by atoms with Gasteiger partial charge in [-0.3, -0.25) is 4.79 Å². The van der Waals surface area contributed by atoms with Crippen LogP contribution in [0.2, 0.25) is 0 Å². The Hall–Kier alpha value is -2.99. The van der Waals surface area contributed by atoms with Crippen molar-refractivity contribution in [1.82, 2.24) is 15.3 Å². The Balaban J connectivity index is 1.73. The van der Waals surface area contributed by atoms with E-state index in [0.717, 1.165) is 22.2 Å². The molecular weight excluding hydrogens is 409 g/mol. The number of halogens is 2. The van der Waals surface area contributed by atoms with Crippen molar-refractivity contribution in [2.45, 2.75) is 6.04 Å². The molecule has 0 radical (unpaired) electrons. The van der Waals surface area contributed by atoms with Gasteiger partial charge in [-0.2, -0.15) is 0 Å². The van der Waals surface area contributed by atoms with Crippen LogP contribution in [0.25, 0.3) is 11.0 Å². The zero-order valence-electron chi connectivity index (χ0n) is 14.1. The van der Waals surface area contributed by atoms with Crippen molar-refractivity contribution >= 4 is 32.9 Å². The van der Waals surface area contributed by atoms with Crippen molar-refractivity contribution in [3.63, 3.8) is 0 Å². The Morgan fingerprint density at radius 3 is 2.63 bits per heavy atom. The first-order valence-corrected chi connectivity index (χ1v) is 9.15. The highest BCUT2D eigenvalue weighted by Crippen LogP contribution is 2.26. The average molecular weight is 424 g/mol. The number of nitrogens with zero attached hydrogens (tertiary/aromatic N) is 1. The maximum atomic E-state index is 13.3. The predicted molar refractivity (Wildman–Crippen MR) is 106 cm³/mol. The molecule has 1 atom stereocenters. The molecule has 134 valence electrons. The van der Waals surface area contributed by atoms with E-state index >= 15 is 0 Å². The molecule has 4 aromatic rings. The van der Waals surface area contributed by atoms with Gasteiger partial charge in [-0.05, 0) is 57.4 Å². The maximum absolute atomic E-state index is 13.3. The fourth-order valence-electron chi connectivity index (χ4n) is 3.02. The Morgan fingerprint density at radius 2 is 1.85 bits per heavy atom. The van der Waals surface area contributed by atoms with E-state index in [-0.39, 0.29) is 11.9 Å². The van der Waals surface area contributed by atoms with Crippen LogP contribution in [0.3, 0.4) is 0 Å². The van der Waals surface area contributed by atoms with Crippen LogP contribution in [0, 0.1) is 5.82 Å². The molecule has 6 heteroatoms. The first kappa shape index (κ1) is 17.4. The summed E-state index contributed by atoms with van der Waals surface area (Å²) >= 11 is 3.26. The van der Waals surface area contributed by atoms with Gasteiger partial charge in [0.15, 0.2) is 0 Å². The van der Waals surface area contributed by atoms with E-state index < -0.39 is 5.82 Å². The smallest absolute Gasteiger partial charge is 0.253 e. The van der Waals surface area contributed by atoms with Crippen molar-refractivity contribution in [3.05, 3.63) is 100 Å². The fraction of sp³-hybridized carbons (Fsp3) is 0.0476. The molecule has 4 rings (SSSR count). The number of rotatable bonds is 4. The molecule has 0 saturated heterocycles. The Labute approximate surface area is 163 Å². The number of aromatic amines is 1. The topological polar surface area (TPSA) is 57.8 Å². The summed E-state index contributed by atoms with van der Waals surface area (Å²) in [5, 5.41) is 3.06. The zero-order valence-corrected chi connectivity index (χ0v) is 15.7. The van der Waals surface area contributed by atoms with Crippen LogP contribution in [0.5, 0.6) is 0 Å². The number of fused-ring (bicyclic) bond motifs is 1. The van der Waals surface area contributed by atoms with Gasteiger partial charge < -0.3 is 10.3 Å². The first-order valence-electron chi connectivity index (χ1n) is 8.36. The van der Waals surface area contributed by atoms with Crippen LogP contribution >= 0.6 is 15.9 Å². The number of carbonyl (C=O) groups excluding carboxylic acids is 1. The predicted octanol–water partition coefficient (Wildman–Crippen LogP) is 4.98. The lowest BCUT2D eigenvalue weighted by Crippen LogP contribution is -2.29. The first-order chi connectivity index (χ1) is 13.1. The van der Waals surface area contributed by atoms with Crippen LogP contribution in [0.15, 0.2) is 77.5 Å². The second-order valence-corrected chi connectivity index (χ2v) is 6.97. The molecule has 1 aromatic heterocycles. The summed E-state index contributed by atoms with van der Waals surface area (Å²) in [6, 6.07) is 19.2. The molecule has 2 N–H and O–H groups in total. The molecule has 1 unspecified atom stereocenters. The minimum Gasteiger partial charge on any atom is -0.345 e. The van der Waals surface area contributed by atoms with Gasteiger partial charge in [-0.15, -0.1) is 0 Å². The van der Waals surface area contributed by atoms with Gasteiger partial charge in [-0.1, -0.05) is 36.4 Å². The number of hydrogen-bond acceptors (Lipinski definition) is 2. The normalized spacial score (nSPS) is 12.1. The molecule has 1 heterocycles. The molecule has 0 bridgehead atoms. The summed E-state index contributed by atoms with van der Waals surface area (Å²) in [6.07, 6.45) is 1.64. The van der Waals surface area contributed by atoms with Crippen molar-refractivity contribution in [1.29, 1.82) is 0 Å². The molecular formula is C21H15BrFN3O. The maximum Gasteiger partial charge on any atom is 0.253 e. The van der Waals surface area contributed by atoms with Crippen molar-refractivity contribution in [2.24, 2.45) is 0 Å². The average Bonchev–Trinajstić information content (AvgIpc) is 3.14. The van der Waals surface area contributed by atoms with Crippen molar-refractivity contribution in [3.8, 4) is 0 Å². The van der Waals surface area contributed by atoms with E-state index in [1.54, 1.807) is 6.33 Å². The number of carbonyl (C=O) groups is 1. The number of nitrogens with one attached hydrogen (secondary N) is 2. The van der Waals surface area contributed by atoms with Gasteiger partial charge in [0.05, 0.1) is 29.0 Å². The summed E-state index contributed by atoms with van der Waals surface area (Å²) in [5.41, 5.74) is 4.00. The Morgan fingerprint density at radius 1 is 1.04 bits per heavy atom. The molecule has 0 saturated carbocycles. The van der Waals surface area contributed by atoms with Crippen LogP contribution < -0.4 is 5.32 Å². The number of benzene rings is 3. The monoisotopic (exact) mass is 423 g/mol. The SMILES string of the molecule is O=C(NC(c1ccccc1)c1ccc2nc[nH]c2c1)c1ccc(F)cc1Br. The lowest BCUT2D eigenvalue weighted by atomic mass is 9.97. The standard InChI is InChI=1S/C21H15BrFN3O/c22-17-11-15(23)7-8-16(17)21(27)26-20(13-4-2-1-3-5-13)14-6-9-18-19(10-14)25-12-24-18/h1-12,20H,(H,24,25)(H,26,27). The Bertz CT molecular complexity index is 1110. The third-order valence-electron chi connectivity index (χ3n) is 4.36. The summed E-state index contributed by atoms with van der Waals surface area (Å²) in [6.45, 7) is 0. The minimum atomic E-state index is -0.400. The highest BCUT2D eigenvalue weighted by molar-refractivity contribution is 9.10. The number of aromatic nitrogens is 2. The van der Waals surface area contributed by atoms with E-state index in [4.69, 9.17) is 0 Å². The molecule has 3 aromatic carbocycles. The molecule has 27 heavy (non-hydrogen) atoms. The number of imidazole rings is 1. The van der Waals surface area contributed by atoms with Gasteiger partial charge in [0.2, 0.25) is 0 Å². The minimum absolute atomic E-state index is 0.291. The van der Waals surface area contributed by atoms with Crippen LogP contribution in [0.1, 0.15) is 27.5 Å². The molecule has 0 spiro atoms. The molecule has 0 aliphatic heterocycles. The van der Waals surface area contributed by atoms with Gasteiger partial charge in [0.25, 0.3) is 5.91 Å². The van der Waals surface area contributed by atoms with Gasteiger partial charge in [0, 0.05) is 4.47 Å². The van der Waals surface area contributed by atoms with E-state index in [2.05, 4.69) is 31.2 Å². The van der Waals surface area contributed by atoms with Crippen LogP contribution in [-0.4, -0.2) is 15.9 Å². The van der Waals surface area contributed by atoms with Crippen molar-refractivity contribution < 1.29 is 9.18 Å². The number of H-pyrrole nitrogens is 1. The van der Waals surface area contributed by atoms with Gasteiger partial charge >= 0.3 is 0 Å². The van der Waals surface area contributed by atoms with Crippen LogP contribution in [-0.2, 0) is 0 Å². The Kier molecular flexibility index (Phi) is 4.73. The molecule has 1 amide bonds. The summed E-state index contributed by atoms with van der Waals surface area (Å²) in [5.74, 6) is -0.692. The van der Waals surface area contributed by atoms with E-state index in [9.17, 15) is 9.18 Å². The van der Waals surface area contributed by atoms with Crippen molar-refractivity contribution in [2.75, 3.05) is 0 Å². The molecule has 0 aliphatic rings. The summed E-state index contributed by atoms with van der Waals surface area (Å²) < 4.78 is 13.8. The van der Waals surface area contributed by atoms with Gasteiger partial charge in [0.1, 0.15) is 5.82 Å². The quantitative estimate of drug-likeness (QED) is 0.485. The zero-order chi connectivity index (χ0) is 18.8. The number of amides is 1. The summed E-state index contributed by atoms with van der Waals surface area (Å²) in [7, 11) is 0.